The molecule has 1 aromatic carbocycles. The molecule has 0 amide bonds. The Morgan fingerprint density at radius 3 is 2.38 bits per heavy atom. The monoisotopic (exact) mass is 429 g/mol. The molecule has 0 bridgehead atoms. The SMILES string of the molecule is C.CC[C@@H](N[C@@H]1CCCc2cccnc21)c1ccccc1.O=C1CCCc2cccnc21. The van der Waals surface area contributed by atoms with Crippen LogP contribution in [0.4, 0.5) is 0 Å². The first kappa shape index (κ1) is 23.8. The fraction of sp³-hybridized carbons (Fsp3) is 0.393. The van der Waals surface area contributed by atoms with Crippen LogP contribution < -0.4 is 5.32 Å². The number of Topliss-reactive ketones (excluding diaryl/α,β-unsaturated/α-hetero) is 1. The molecule has 2 aliphatic carbocycles. The molecule has 0 fully saturated rings. The number of pyridine rings is 2. The molecule has 0 radical (unpaired) electrons. The fourth-order valence-electron chi connectivity index (χ4n) is 4.60. The number of carbonyl (C=O) groups excluding carboxylic acids is 1. The average molecular weight is 430 g/mol. The molecule has 4 heteroatoms. The quantitative estimate of drug-likeness (QED) is 0.519. The molecule has 168 valence electrons. The zero-order valence-electron chi connectivity index (χ0n) is 18.3. The highest BCUT2D eigenvalue weighted by molar-refractivity contribution is 5.96. The lowest BCUT2D eigenvalue weighted by molar-refractivity contribution is 0.0967. The number of ketones is 1. The average Bonchev–Trinajstić information content (AvgIpc) is 2.84. The van der Waals surface area contributed by atoms with Crippen LogP contribution >= 0.6 is 0 Å². The molecule has 0 saturated heterocycles. The third-order valence-corrected chi connectivity index (χ3v) is 6.21. The molecule has 3 aromatic rings. The number of hydrogen-bond donors (Lipinski definition) is 1. The number of carbonyl (C=O) groups is 1. The Bertz CT molecular complexity index is 1000. The molecular formula is C28H35N3O. The second-order valence-corrected chi connectivity index (χ2v) is 8.32. The smallest absolute Gasteiger partial charge is 0.181 e. The summed E-state index contributed by atoms with van der Waals surface area (Å²) >= 11 is 0. The van der Waals surface area contributed by atoms with Crippen molar-refractivity contribution >= 4 is 5.78 Å². The van der Waals surface area contributed by atoms with Crippen molar-refractivity contribution in [3.05, 3.63) is 95.1 Å². The highest BCUT2D eigenvalue weighted by Crippen LogP contribution is 2.31. The Morgan fingerprint density at radius 1 is 0.906 bits per heavy atom. The Morgan fingerprint density at radius 2 is 1.62 bits per heavy atom. The van der Waals surface area contributed by atoms with E-state index >= 15 is 0 Å². The number of aromatic nitrogens is 2. The molecule has 1 N–H and O–H groups in total. The largest absolute Gasteiger partial charge is 0.302 e. The number of hydrogen-bond acceptors (Lipinski definition) is 4. The van der Waals surface area contributed by atoms with Crippen molar-refractivity contribution in [1.29, 1.82) is 0 Å². The van der Waals surface area contributed by atoms with E-state index in [4.69, 9.17) is 0 Å². The summed E-state index contributed by atoms with van der Waals surface area (Å²) in [5.41, 5.74) is 5.85. The zero-order chi connectivity index (χ0) is 21.5. The van der Waals surface area contributed by atoms with Crippen LogP contribution in [0, 0.1) is 0 Å². The van der Waals surface area contributed by atoms with Crippen LogP contribution in [0.5, 0.6) is 0 Å². The minimum atomic E-state index is 0. The highest BCUT2D eigenvalue weighted by atomic mass is 16.1. The molecule has 2 aliphatic rings. The van der Waals surface area contributed by atoms with Gasteiger partial charge in [0.25, 0.3) is 0 Å². The molecule has 0 unspecified atom stereocenters. The first-order chi connectivity index (χ1) is 15.3. The van der Waals surface area contributed by atoms with E-state index in [9.17, 15) is 4.79 Å². The van der Waals surface area contributed by atoms with Crippen LogP contribution in [-0.4, -0.2) is 15.8 Å². The van der Waals surface area contributed by atoms with Gasteiger partial charge in [0, 0.05) is 24.9 Å². The van der Waals surface area contributed by atoms with Gasteiger partial charge in [-0.25, -0.2) is 0 Å². The maximum atomic E-state index is 11.2. The third kappa shape index (κ3) is 5.68. The van der Waals surface area contributed by atoms with Gasteiger partial charge in [-0.05, 0) is 67.3 Å². The summed E-state index contributed by atoms with van der Waals surface area (Å²) in [4.78, 5) is 19.9. The van der Waals surface area contributed by atoms with Gasteiger partial charge in [-0.15, -0.1) is 0 Å². The van der Waals surface area contributed by atoms with E-state index in [1.807, 2.05) is 18.3 Å². The van der Waals surface area contributed by atoms with E-state index in [1.54, 1.807) is 6.20 Å². The summed E-state index contributed by atoms with van der Waals surface area (Å²) in [6.07, 6.45) is 11.0. The van der Waals surface area contributed by atoms with Gasteiger partial charge in [0.15, 0.2) is 5.78 Å². The fourth-order valence-corrected chi connectivity index (χ4v) is 4.60. The standard InChI is InChI=1S/C18H22N2.C9H9NO.CH4/c1-2-16(14-8-4-3-5-9-14)20-17-12-6-10-15-11-7-13-19-18(15)17;11-8-5-1-3-7-4-2-6-10-9(7)8;/h3-5,7-9,11,13,16-17,20H,2,6,10,12H2,1H3;2,4,6H,1,3,5H2;1H4/t16-,17-;;/m1../s1. The van der Waals surface area contributed by atoms with Crippen LogP contribution in [0.3, 0.4) is 0 Å². The Labute approximate surface area is 192 Å². The molecule has 0 spiro atoms. The van der Waals surface area contributed by atoms with Crippen molar-refractivity contribution in [2.45, 2.75) is 71.4 Å². The maximum Gasteiger partial charge on any atom is 0.181 e. The predicted molar refractivity (Wildman–Crippen MR) is 131 cm³/mol. The van der Waals surface area contributed by atoms with Gasteiger partial charge < -0.3 is 5.32 Å². The molecule has 2 aromatic heterocycles. The molecule has 0 saturated carbocycles. The number of benzene rings is 1. The molecule has 2 heterocycles. The minimum absolute atomic E-state index is 0. The van der Waals surface area contributed by atoms with Crippen LogP contribution in [-0.2, 0) is 12.8 Å². The van der Waals surface area contributed by atoms with Crippen molar-refractivity contribution in [2.75, 3.05) is 0 Å². The van der Waals surface area contributed by atoms with Crippen molar-refractivity contribution in [2.24, 2.45) is 0 Å². The lowest BCUT2D eigenvalue weighted by atomic mass is 9.90. The van der Waals surface area contributed by atoms with Crippen molar-refractivity contribution < 1.29 is 4.79 Å². The zero-order valence-corrected chi connectivity index (χ0v) is 18.3. The van der Waals surface area contributed by atoms with E-state index in [2.05, 4.69) is 64.7 Å². The van der Waals surface area contributed by atoms with Gasteiger partial charge in [0.05, 0.1) is 11.7 Å². The van der Waals surface area contributed by atoms with Gasteiger partial charge in [-0.2, -0.15) is 0 Å². The molecule has 5 rings (SSSR count). The first-order valence-electron chi connectivity index (χ1n) is 11.5. The maximum absolute atomic E-state index is 11.2. The van der Waals surface area contributed by atoms with Gasteiger partial charge in [-0.1, -0.05) is 56.8 Å². The van der Waals surface area contributed by atoms with Gasteiger partial charge in [0.2, 0.25) is 0 Å². The topological polar surface area (TPSA) is 54.9 Å². The highest BCUT2D eigenvalue weighted by Gasteiger charge is 2.23. The van der Waals surface area contributed by atoms with E-state index in [-0.39, 0.29) is 13.2 Å². The Balaban J connectivity index is 0.000000204. The molecule has 0 aliphatic heterocycles. The van der Waals surface area contributed by atoms with Crippen molar-refractivity contribution in [3.8, 4) is 0 Å². The molecule has 4 nitrogen and oxygen atoms in total. The summed E-state index contributed by atoms with van der Waals surface area (Å²) in [5, 5.41) is 3.82. The van der Waals surface area contributed by atoms with E-state index < -0.39 is 0 Å². The van der Waals surface area contributed by atoms with E-state index in [0.717, 1.165) is 24.8 Å². The first-order valence-corrected chi connectivity index (χ1v) is 11.5. The number of aryl methyl sites for hydroxylation is 2. The number of nitrogens with zero attached hydrogens (tertiary/aromatic N) is 2. The summed E-state index contributed by atoms with van der Waals surface area (Å²) in [6.45, 7) is 2.24. The van der Waals surface area contributed by atoms with Crippen LogP contribution in [0.25, 0.3) is 0 Å². The Kier molecular flexibility index (Phi) is 8.69. The summed E-state index contributed by atoms with van der Waals surface area (Å²) in [5.74, 6) is 0.201. The van der Waals surface area contributed by atoms with Crippen molar-refractivity contribution in [1.82, 2.24) is 15.3 Å². The van der Waals surface area contributed by atoms with Crippen LogP contribution in [0.15, 0.2) is 67.0 Å². The third-order valence-electron chi connectivity index (χ3n) is 6.21. The summed E-state index contributed by atoms with van der Waals surface area (Å²) in [7, 11) is 0. The summed E-state index contributed by atoms with van der Waals surface area (Å²) < 4.78 is 0. The lowest BCUT2D eigenvalue weighted by Gasteiger charge is -2.29. The van der Waals surface area contributed by atoms with E-state index in [1.165, 1.54) is 36.1 Å². The second-order valence-electron chi connectivity index (χ2n) is 8.32. The second kappa shape index (κ2) is 11.7. The number of rotatable bonds is 4. The molecule has 32 heavy (non-hydrogen) atoms. The number of nitrogens with one attached hydrogen (secondary N) is 1. The summed E-state index contributed by atoms with van der Waals surface area (Å²) in [6, 6.07) is 19.7. The molecular weight excluding hydrogens is 394 g/mol. The normalized spacial score (nSPS) is 17.7. The minimum Gasteiger partial charge on any atom is -0.302 e. The van der Waals surface area contributed by atoms with Crippen LogP contribution in [0.2, 0.25) is 0 Å². The van der Waals surface area contributed by atoms with Gasteiger partial charge >= 0.3 is 0 Å². The van der Waals surface area contributed by atoms with Gasteiger partial charge in [0.1, 0.15) is 5.69 Å². The van der Waals surface area contributed by atoms with E-state index in [0.29, 0.717) is 24.2 Å². The molecule has 2 atom stereocenters. The Hall–Kier alpha value is -2.85. The lowest BCUT2D eigenvalue weighted by Crippen LogP contribution is -2.29. The predicted octanol–water partition coefficient (Wildman–Crippen LogP) is 6.44. The van der Waals surface area contributed by atoms with Gasteiger partial charge in [-0.3, -0.25) is 14.8 Å². The number of fused-ring (bicyclic) bond motifs is 2. The van der Waals surface area contributed by atoms with Crippen LogP contribution in [0.1, 0.15) is 91.4 Å². The van der Waals surface area contributed by atoms with Crippen molar-refractivity contribution in [3.63, 3.8) is 0 Å².